The number of hydrogen-bond acceptors (Lipinski definition) is 5. The number of benzene rings is 1. The first-order valence-electron chi connectivity index (χ1n) is 5.64. The van der Waals surface area contributed by atoms with Crippen molar-refractivity contribution < 1.29 is 14.7 Å². The standard InChI is InChI=1S/C14H12N2O3/c17-9-14(16-18)13-7-6-12(8-15-13)19-10-11-4-2-1-3-5-11/h1-9,18H,10H2/b16-14+. The van der Waals surface area contributed by atoms with Gasteiger partial charge in [-0.25, -0.2) is 0 Å². The summed E-state index contributed by atoms with van der Waals surface area (Å²) in [7, 11) is 0. The van der Waals surface area contributed by atoms with Crippen LogP contribution in [0.3, 0.4) is 0 Å². The van der Waals surface area contributed by atoms with Gasteiger partial charge in [0.1, 0.15) is 12.4 Å². The first-order chi connectivity index (χ1) is 9.33. The number of ether oxygens (including phenoxy) is 1. The van der Waals surface area contributed by atoms with E-state index in [4.69, 9.17) is 9.94 Å². The number of hydrogen-bond donors (Lipinski definition) is 1. The van der Waals surface area contributed by atoms with Crippen LogP contribution >= 0.6 is 0 Å². The molecule has 0 aliphatic rings. The molecule has 0 aliphatic heterocycles. The van der Waals surface area contributed by atoms with Crippen molar-refractivity contribution in [2.24, 2.45) is 5.16 Å². The van der Waals surface area contributed by atoms with E-state index in [0.717, 1.165) is 5.56 Å². The van der Waals surface area contributed by atoms with E-state index in [1.165, 1.54) is 6.20 Å². The largest absolute Gasteiger partial charge is 0.487 e. The lowest BCUT2D eigenvalue weighted by Crippen LogP contribution is -2.05. The van der Waals surface area contributed by atoms with Crippen LogP contribution in [0.1, 0.15) is 11.3 Å². The highest BCUT2D eigenvalue weighted by molar-refractivity contribution is 6.35. The van der Waals surface area contributed by atoms with Gasteiger partial charge >= 0.3 is 0 Å². The van der Waals surface area contributed by atoms with E-state index < -0.39 is 0 Å². The maximum Gasteiger partial charge on any atom is 0.174 e. The lowest BCUT2D eigenvalue weighted by atomic mass is 10.2. The lowest BCUT2D eigenvalue weighted by Gasteiger charge is -2.06. The predicted octanol–water partition coefficient (Wildman–Crippen LogP) is 2.04. The molecule has 0 aliphatic carbocycles. The molecule has 96 valence electrons. The Balaban J connectivity index is 2.01. The van der Waals surface area contributed by atoms with Crippen molar-refractivity contribution >= 4 is 12.0 Å². The molecule has 1 aromatic heterocycles. The van der Waals surface area contributed by atoms with E-state index in [1.807, 2.05) is 30.3 Å². The summed E-state index contributed by atoms with van der Waals surface area (Å²) in [5, 5.41) is 11.4. The van der Waals surface area contributed by atoms with Crippen LogP contribution in [-0.4, -0.2) is 22.2 Å². The molecule has 1 heterocycles. The minimum absolute atomic E-state index is 0.116. The Labute approximate surface area is 110 Å². The third-order valence-electron chi connectivity index (χ3n) is 2.47. The lowest BCUT2D eigenvalue weighted by molar-refractivity contribution is -0.102. The highest BCUT2D eigenvalue weighted by Gasteiger charge is 2.04. The summed E-state index contributed by atoms with van der Waals surface area (Å²) in [4.78, 5) is 14.6. The summed E-state index contributed by atoms with van der Waals surface area (Å²) >= 11 is 0. The van der Waals surface area contributed by atoms with Crippen LogP contribution in [0.5, 0.6) is 5.75 Å². The minimum atomic E-state index is -0.116. The smallest absolute Gasteiger partial charge is 0.174 e. The zero-order valence-electron chi connectivity index (χ0n) is 10.1. The molecule has 5 nitrogen and oxygen atoms in total. The van der Waals surface area contributed by atoms with Crippen molar-refractivity contribution in [3.8, 4) is 5.75 Å². The summed E-state index contributed by atoms with van der Waals surface area (Å²) < 4.78 is 5.54. The Morgan fingerprint density at radius 2 is 2.05 bits per heavy atom. The van der Waals surface area contributed by atoms with Gasteiger partial charge in [-0.2, -0.15) is 0 Å². The molecule has 0 bridgehead atoms. The third-order valence-corrected chi connectivity index (χ3v) is 2.47. The van der Waals surface area contributed by atoms with Gasteiger partial charge in [0.15, 0.2) is 12.0 Å². The van der Waals surface area contributed by atoms with Gasteiger partial charge < -0.3 is 9.94 Å². The fourth-order valence-electron chi connectivity index (χ4n) is 1.49. The van der Waals surface area contributed by atoms with Gasteiger partial charge in [-0.3, -0.25) is 9.78 Å². The van der Waals surface area contributed by atoms with Gasteiger partial charge in [-0.05, 0) is 17.7 Å². The average Bonchev–Trinajstić information content (AvgIpc) is 2.49. The Kier molecular flexibility index (Phi) is 4.23. The van der Waals surface area contributed by atoms with Gasteiger partial charge in [-0.15, -0.1) is 0 Å². The Bertz CT molecular complexity index is 565. The molecule has 2 rings (SSSR count). The van der Waals surface area contributed by atoms with Gasteiger partial charge in [-0.1, -0.05) is 35.5 Å². The van der Waals surface area contributed by atoms with E-state index >= 15 is 0 Å². The monoisotopic (exact) mass is 256 g/mol. The second-order valence-corrected chi connectivity index (χ2v) is 3.76. The molecule has 5 heteroatoms. The maximum absolute atomic E-state index is 10.6. The Morgan fingerprint density at radius 3 is 2.63 bits per heavy atom. The van der Waals surface area contributed by atoms with Crippen LogP contribution in [-0.2, 0) is 11.4 Å². The van der Waals surface area contributed by atoms with Crippen LogP contribution in [0.25, 0.3) is 0 Å². The second kappa shape index (κ2) is 6.30. The number of pyridine rings is 1. The van der Waals surface area contributed by atoms with E-state index in [0.29, 0.717) is 24.3 Å². The van der Waals surface area contributed by atoms with Crippen molar-refractivity contribution in [1.82, 2.24) is 4.98 Å². The van der Waals surface area contributed by atoms with Crippen molar-refractivity contribution in [3.63, 3.8) is 0 Å². The molecule has 1 N–H and O–H groups in total. The molecule has 0 saturated carbocycles. The van der Waals surface area contributed by atoms with E-state index in [9.17, 15) is 4.79 Å². The molecule has 0 atom stereocenters. The zero-order valence-corrected chi connectivity index (χ0v) is 10.1. The van der Waals surface area contributed by atoms with Crippen molar-refractivity contribution in [1.29, 1.82) is 0 Å². The highest BCUT2D eigenvalue weighted by Crippen LogP contribution is 2.12. The highest BCUT2D eigenvalue weighted by atomic mass is 16.5. The fourth-order valence-corrected chi connectivity index (χ4v) is 1.49. The summed E-state index contributed by atoms with van der Waals surface area (Å²) in [6, 6.07) is 13.0. The number of aromatic nitrogens is 1. The molecule has 0 fully saturated rings. The molecule has 2 aromatic rings. The summed E-state index contributed by atoms with van der Waals surface area (Å²) in [6.45, 7) is 0.441. The van der Waals surface area contributed by atoms with Crippen molar-refractivity contribution in [2.75, 3.05) is 0 Å². The van der Waals surface area contributed by atoms with Crippen LogP contribution in [0, 0.1) is 0 Å². The van der Waals surface area contributed by atoms with Gasteiger partial charge in [0.2, 0.25) is 0 Å². The summed E-state index contributed by atoms with van der Waals surface area (Å²) in [5.41, 5.74) is 1.23. The van der Waals surface area contributed by atoms with E-state index in [-0.39, 0.29) is 5.71 Å². The second-order valence-electron chi connectivity index (χ2n) is 3.76. The number of carbonyl (C=O) groups is 1. The summed E-state index contributed by atoms with van der Waals surface area (Å²) in [6.07, 6.45) is 1.92. The first-order valence-corrected chi connectivity index (χ1v) is 5.64. The number of rotatable bonds is 5. The predicted molar refractivity (Wildman–Crippen MR) is 69.4 cm³/mol. The third kappa shape index (κ3) is 3.38. The van der Waals surface area contributed by atoms with Crippen molar-refractivity contribution in [2.45, 2.75) is 6.61 Å². The van der Waals surface area contributed by atoms with E-state index in [2.05, 4.69) is 10.1 Å². The van der Waals surface area contributed by atoms with Gasteiger partial charge in [0.25, 0.3) is 0 Å². The molecule has 0 spiro atoms. The van der Waals surface area contributed by atoms with Crippen LogP contribution in [0.4, 0.5) is 0 Å². The molecular formula is C14H12N2O3. The molecule has 1 aromatic carbocycles. The first kappa shape index (κ1) is 12.8. The van der Waals surface area contributed by atoms with Crippen LogP contribution < -0.4 is 4.74 Å². The number of nitrogens with zero attached hydrogens (tertiary/aromatic N) is 2. The molecule has 0 amide bonds. The number of aldehydes is 1. The van der Waals surface area contributed by atoms with Crippen LogP contribution in [0.15, 0.2) is 53.8 Å². The average molecular weight is 256 g/mol. The number of oxime groups is 1. The minimum Gasteiger partial charge on any atom is -0.487 e. The SMILES string of the molecule is O=C/C(=N\O)c1ccc(OCc2ccccc2)cn1. The van der Waals surface area contributed by atoms with Gasteiger partial charge in [0, 0.05) is 0 Å². The number of carbonyl (C=O) groups excluding carboxylic acids is 1. The topological polar surface area (TPSA) is 71.8 Å². The molecule has 19 heavy (non-hydrogen) atoms. The molecule has 0 radical (unpaired) electrons. The van der Waals surface area contributed by atoms with Gasteiger partial charge in [0.05, 0.1) is 11.9 Å². The summed E-state index contributed by atoms with van der Waals surface area (Å²) in [5.74, 6) is 0.579. The fraction of sp³-hybridized carbons (Fsp3) is 0.0714. The zero-order chi connectivity index (χ0) is 13.5. The quantitative estimate of drug-likeness (QED) is 0.384. The van der Waals surface area contributed by atoms with Crippen LogP contribution in [0.2, 0.25) is 0 Å². The van der Waals surface area contributed by atoms with Crippen molar-refractivity contribution in [3.05, 3.63) is 59.9 Å². The Hall–Kier alpha value is -2.69. The Morgan fingerprint density at radius 1 is 1.26 bits per heavy atom. The molecular weight excluding hydrogens is 244 g/mol. The van der Waals surface area contributed by atoms with E-state index in [1.54, 1.807) is 12.1 Å². The molecule has 0 unspecified atom stereocenters. The molecule has 0 saturated heterocycles. The normalized spacial score (nSPS) is 11.1. The maximum atomic E-state index is 10.6.